The van der Waals surface area contributed by atoms with Gasteiger partial charge in [0.2, 0.25) is 0 Å². The summed E-state index contributed by atoms with van der Waals surface area (Å²) < 4.78 is 18.8. The molecule has 1 aromatic carbocycles. The second-order valence-electron chi connectivity index (χ2n) is 4.26. The minimum Gasteiger partial charge on any atom is -0.421 e. The Morgan fingerprint density at radius 1 is 0.952 bits per heavy atom. The van der Waals surface area contributed by atoms with Gasteiger partial charge in [0.1, 0.15) is 5.82 Å². The minimum atomic E-state index is -0.466. The van der Waals surface area contributed by atoms with Crippen molar-refractivity contribution in [1.82, 2.24) is 15.0 Å². The van der Waals surface area contributed by atoms with Crippen LogP contribution in [-0.4, -0.2) is 15.0 Å². The molecule has 0 spiro atoms. The van der Waals surface area contributed by atoms with Gasteiger partial charge in [0.05, 0.1) is 0 Å². The summed E-state index contributed by atoms with van der Waals surface area (Å²) in [5.41, 5.74) is 7.24. The van der Waals surface area contributed by atoms with Gasteiger partial charge in [-0.2, -0.15) is 0 Å². The van der Waals surface area contributed by atoms with Gasteiger partial charge >= 0.3 is 6.01 Å². The van der Waals surface area contributed by atoms with Crippen LogP contribution in [-0.2, 0) is 0 Å². The highest BCUT2D eigenvalue weighted by Gasteiger charge is 2.06. The van der Waals surface area contributed by atoms with Gasteiger partial charge in [-0.3, -0.25) is 0 Å². The molecule has 0 aliphatic rings. The largest absolute Gasteiger partial charge is 0.421 e. The standard InChI is InChI=1S/C15H11FN4O/c16-12-3-1-2-4-13(12)21-15-19-8-11(9-20-15)10-5-6-18-14(17)7-10/h1-9H,(H2,17,18). The molecule has 104 valence electrons. The number of nitrogens with zero attached hydrogens (tertiary/aromatic N) is 3. The Labute approximate surface area is 120 Å². The number of pyridine rings is 1. The number of benzene rings is 1. The number of rotatable bonds is 3. The normalized spacial score (nSPS) is 10.3. The van der Waals surface area contributed by atoms with Crippen molar-refractivity contribution in [2.75, 3.05) is 5.73 Å². The van der Waals surface area contributed by atoms with Gasteiger partial charge in [-0.05, 0) is 29.8 Å². The molecule has 0 bridgehead atoms. The van der Waals surface area contributed by atoms with Crippen LogP contribution in [0.4, 0.5) is 10.2 Å². The molecule has 0 aliphatic heterocycles. The summed E-state index contributed by atoms with van der Waals surface area (Å²) in [4.78, 5) is 12.0. The molecule has 3 rings (SSSR count). The van der Waals surface area contributed by atoms with Gasteiger partial charge < -0.3 is 10.5 Å². The smallest absolute Gasteiger partial charge is 0.321 e. The molecule has 2 N–H and O–H groups in total. The number of nitrogen functional groups attached to an aromatic ring is 1. The van der Waals surface area contributed by atoms with Crippen LogP contribution in [0.15, 0.2) is 55.0 Å². The first-order chi connectivity index (χ1) is 10.2. The topological polar surface area (TPSA) is 73.9 Å². The van der Waals surface area contributed by atoms with Crippen LogP contribution in [0.2, 0.25) is 0 Å². The van der Waals surface area contributed by atoms with Crippen LogP contribution >= 0.6 is 0 Å². The monoisotopic (exact) mass is 282 g/mol. The van der Waals surface area contributed by atoms with Gasteiger partial charge in [-0.25, -0.2) is 19.3 Å². The average Bonchev–Trinajstić information content (AvgIpc) is 2.50. The second-order valence-corrected chi connectivity index (χ2v) is 4.26. The van der Waals surface area contributed by atoms with Crippen molar-refractivity contribution in [2.45, 2.75) is 0 Å². The predicted molar refractivity (Wildman–Crippen MR) is 76.1 cm³/mol. The third-order valence-electron chi connectivity index (χ3n) is 2.78. The summed E-state index contributed by atoms with van der Waals surface area (Å²) >= 11 is 0. The van der Waals surface area contributed by atoms with E-state index in [0.717, 1.165) is 11.1 Å². The maximum Gasteiger partial charge on any atom is 0.321 e. The Bertz CT molecular complexity index is 762. The van der Waals surface area contributed by atoms with Gasteiger partial charge in [0, 0.05) is 24.2 Å². The van der Waals surface area contributed by atoms with E-state index < -0.39 is 5.82 Å². The van der Waals surface area contributed by atoms with Crippen molar-refractivity contribution in [3.8, 4) is 22.9 Å². The average molecular weight is 282 g/mol. The second kappa shape index (κ2) is 5.54. The first kappa shape index (κ1) is 13.0. The summed E-state index contributed by atoms with van der Waals surface area (Å²) in [6, 6.07) is 9.67. The number of ether oxygens (including phenoxy) is 1. The van der Waals surface area contributed by atoms with E-state index in [1.165, 1.54) is 12.1 Å². The lowest BCUT2D eigenvalue weighted by molar-refractivity contribution is 0.411. The highest BCUT2D eigenvalue weighted by Crippen LogP contribution is 2.23. The van der Waals surface area contributed by atoms with Gasteiger partial charge in [0.25, 0.3) is 0 Å². The lowest BCUT2D eigenvalue weighted by Crippen LogP contribution is -1.94. The summed E-state index contributed by atoms with van der Waals surface area (Å²) in [7, 11) is 0. The molecular formula is C15H11FN4O. The lowest BCUT2D eigenvalue weighted by atomic mass is 10.1. The summed E-state index contributed by atoms with van der Waals surface area (Å²) in [5.74, 6) is 0.0321. The molecular weight excluding hydrogens is 271 g/mol. The Morgan fingerprint density at radius 2 is 1.71 bits per heavy atom. The SMILES string of the molecule is Nc1cc(-c2cnc(Oc3ccccc3F)nc2)ccn1. The molecule has 2 heterocycles. The van der Waals surface area contributed by atoms with E-state index in [1.807, 2.05) is 0 Å². The predicted octanol–water partition coefficient (Wildman–Crippen LogP) is 3.05. The number of hydrogen-bond donors (Lipinski definition) is 1. The van der Waals surface area contributed by atoms with Crippen molar-refractivity contribution in [3.63, 3.8) is 0 Å². The molecule has 0 atom stereocenters. The van der Waals surface area contributed by atoms with E-state index in [0.29, 0.717) is 5.82 Å². The van der Waals surface area contributed by atoms with Crippen molar-refractivity contribution < 1.29 is 9.13 Å². The highest BCUT2D eigenvalue weighted by atomic mass is 19.1. The fourth-order valence-corrected chi connectivity index (χ4v) is 1.77. The molecule has 6 heteroatoms. The minimum absolute atomic E-state index is 0.0749. The third kappa shape index (κ3) is 2.94. The van der Waals surface area contributed by atoms with Crippen LogP contribution in [0.5, 0.6) is 11.8 Å². The maximum atomic E-state index is 13.5. The number of anilines is 1. The van der Waals surface area contributed by atoms with E-state index >= 15 is 0 Å². The van der Waals surface area contributed by atoms with Gasteiger partial charge in [-0.15, -0.1) is 0 Å². The number of aromatic nitrogens is 3. The van der Waals surface area contributed by atoms with E-state index in [-0.39, 0.29) is 11.8 Å². The molecule has 0 radical (unpaired) electrons. The molecule has 0 saturated heterocycles. The Kier molecular flexibility index (Phi) is 3.42. The van der Waals surface area contributed by atoms with E-state index in [4.69, 9.17) is 10.5 Å². The van der Waals surface area contributed by atoms with Crippen molar-refractivity contribution in [1.29, 1.82) is 0 Å². The zero-order chi connectivity index (χ0) is 14.7. The first-order valence-corrected chi connectivity index (χ1v) is 6.19. The molecule has 0 fully saturated rings. The summed E-state index contributed by atoms with van der Waals surface area (Å²) in [5, 5.41) is 0. The molecule has 0 unspecified atom stereocenters. The fraction of sp³-hybridized carbons (Fsp3) is 0. The van der Waals surface area contributed by atoms with Crippen LogP contribution < -0.4 is 10.5 Å². The summed E-state index contributed by atoms with van der Waals surface area (Å²) in [6.07, 6.45) is 4.77. The van der Waals surface area contributed by atoms with E-state index in [2.05, 4.69) is 15.0 Å². The van der Waals surface area contributed by atoms with E-state index in [9.17, 15) is 4.39 Å². The molecule has 21 heavy (non-hydrogen) atoms. The van der Waals surface area contributed by atoms with Gasteiger partial charge in [-0.1, -0.05) is 12.1 Å². The molecule has 0 aliphatic carbocycles. The van der Waals surface area contributed by atoms with Crippen LogP contribution in [0.25, 0.3) is 11.1 Å². The molecule has 5 nitrogen and oxygen atoms in total. The molecule has 3 aromatic rings. The van der Waals surface area contributed by atoms with Crippen molar-refractivity contribution in [3.05, 3.63) is 60.8 Å². The fourth-order valence-electron chi connectivity index (χ4n) is 1.77. The van der Waals surface area contributed by atoms with Crippen LogP contribution in [0.3, 0.4) is 0 Å². The Hall–Kier alpha value is -3.02. The van der Waals surface area contributed by atoms with Crippen molar-refractivity contribution >= 4 is 5.82 Å². The van der Waals surface area contributed by atoms with E-state index in [1.54, 1.807) is 42.9 Å². The number of para-hydroxylation sites is 1. The zero-order valence-electron chi connectivity index (χ0n) is 10.9. The summed E-state index contributed by atoms with van der Waals surface area (Å²) in [6.45, 7) is 0. The third-order valence-corrected chi connectivity index (χ3v) is 2.78. The first-order valence-electron chi connectivity index (χ1n) is 6.19. The quantitative estimate of drug-likeness (QED) is 0.799. The maximum absolute atomic E-state index is 13.5. The number of nitrogens with two attached hydrogens (primary N) is 1. The van der Waals surface area contributed by atoms with Gasteiger partial charge in [0.15, 0.2) is 11.6 Å². The molecule has 0 saturated carbocycles. The Balaban J connectivity index is 1.83. The van der Waals surface area contributed by atoms with Crippen LogP contribution in [0, 0.1) is 5.82 Å². The lowest BCUT2D eigenvalue weighted by Gasteiger charge is -2.05. The molecule has 0 amide bonds. The van der Waals surface area contributed by atoms with Crippen molar-refractivity contribution in [2.24, 2.45) is 0 Å². The number of hydrogen-bond acceptors (Lipinski definition) is 5. The highest BCUT2D eigenvalue weighted by molar-refractivity contribution is 5.63. The Morgan fingerprint density at radius 3 is 2.43 bits per heavy atom. The molecule has 2 aromatic heterocycles. The zero-order valence-corrected chi connectivity index (χ0v) is 10.9. The number of halogens is 1. The van der Waals surface area contributed by atoms with Crippen LogP contribution in [0.1, 0.15) is 0 Å².